The normalized spacial score (nSPS) is 15.2. The van der Waals surface area contributed by atoms with E-state index in [0.717, 1.165) is 6.92 Å². The fourth-order valence-electron chi connectivity index (χ4n) is 0.279. The molecule has 1 unspecified atom stereocenters. The number of rotatable bonds is 1. The average Bonchev–Trinajstić information content (AvgIpc) is 1.62. The van der Waals surface area contributed by atoms with E-state index in [1.54, 1.807) is 0 Å². The van der Waals surface area contributed by atoms with Crippen molar-refractivity contribution in [1.29, 1.82) is 0 Å². The van der Waals surface area contributed by atoms with Gasteiger partial charge in [0.15, 0.2) is 0 Å². The first kappa shape index (κ1) is 8.53. The Labute approximate surface area is 52.4 Å². The summed E-state index contributed by atoms with van der Waals surface area (Å²) in [6.45, 7) is 5.67. The maximum atomic E-state index is 11.6. The minimum Gasteiger partial charge on any atom is -0.170 e. The van der Waals surface area contributed by atoms with Crippen LogP contribution in [0.4, 0.5) is 13.2 Å². The number of halogens is 3. The van der Waals surface area contributed by atoms with Crippen molar-refractivity contribution in [3.63, 3.8) is 0 Å². The molecule has 0 bridgehead atoms. The van der Waals surface area contributed by atoms with Gasteiger partial charge in [0.2, 0.25) is 0 Å². The lowest BCUT2D eigenvalue weighted by atomic mass is 10.1. The molecule has 3 heteroatoms. The van der Waals surface area contributed by atoms with Crippen LogP contribution < -0.4 is 0 Å². The molecule has 0 aliphatic heterocycles. The molecule has 0 aromatic rings. The van der Waals surface area contributed by atoms with Gasteiger partial charge < -0.3 is 0 Å². The van der Waals surface area contributed by atoms with Crippen LogP contribution in [0, 0.1) is 5.92 Å². The highest BCUT2D eigenvalue weighted by Gasteiger charge is 2.35. The van der Waals surface area contributed by atoms with Crippen LogP contribution >= 0.6 is 0 Å². The zero-order chi connectivity index (χ0) is 7.65. The average molecular weight is 138 g/mol. The van der Waals surface area contributed by atoms with Crippen LogP contribution in [-0.4, -0.2) is 6.18 Å². The van der Waals surface area contributed by atoms with E-state index in [2.05, 4.69) is 6.58 Å². The number of hydrogen-bond donors (Lipinski definition) is 0. The molecule has 0 aliphatic rings. The van der Waals surface area contributed by atoms with E-state index >= 15 is 0 Å². The molecule has 0 N–H and O–H groups in total. The zero-order valence-corrected chi connectivity index (χ0v) is 5.42. The monoisotopic (exact) mass is 138 g/mol. The zero-order valence-electron chi connectivity index (χ0n) is 5.42. The first-order valence-electron chi connectivity index (χ1n) is 2.58. The van der Waals surface area contributed by atoms with Crippen LogP contribution in [0.5, 0.6) is 0 Å². The van der Waals surface area contributed by atoms with Gasteiger partial charge in [-0.05, 0) is 6.92 Å². The van der Waals surface area contributed by atoms with Gasteiger partial charge in [0.25, 0.3) is 0 Å². The highest BCUT2D eigenvalue weighted by atomic mass is 19.4. The smallest absolute Gasteiger partial charge is 0.170 e. The Morgan fingerprint density at radius 1 is 1.44 bits per heavy atom. The molecule has 54 valence electrons. The summed E-state index contributed by atoms with van der Waals surface area (Å²) < 4.78 is 34.9. The van der Waals surface area contributed by atoms with E-state index in [1.807, 2.05) is 0 Å². The molecule has 0 aromatic heterocycles. The molecule has 0 aromatic carbocycles. The number of hydrogen-bond acceptors (Lipinski definition) is 0. The van der Waals surface area contributed by atoms with Crippen LogP contribution in [0.1, 0.15) is 13.8 Å². The number of alkyl halides is 3. The van der Waals surface area contributed by atoms with Crippen molar-refractivity contribution in [2.24, 2.45) is 5.92 Å². The van der Waals surface area contributed by atoms with Gasteiger partial charge in [-0.15, -0.1) is 0 Å². The fourth-order valence-corrected chi connectivity index (χ4v) is 0.279. The molecule has 0 aliphatic carbocycles. The van der Waals surface area contributed by atoms with E-state index < -0.39 is 12.1 Å². The van der Waals surface area contributed by atoms with Gasteiger partial charge in [-0.1, -0.05) is 19.1 Å². The Balaban J connectivity index is 4.04. The molecular weight excluding hydrogens is 129 g/mol. The Morgan fingerprint density at radius 2 is 1.78 bits per heavy atom. The highest BCUT2D eigenvalue weighted by molar-refractivity contribution is 4.97. The Kier molecular flexibility index (Phi) is 2.29. The van der Waals surface area contributed by atoms with Crippen molar-refractivity contribution in [2.75, 3.05) is 0 Å². The van der Waals surface area contributed by atoms with Crippen LogP contribution in [0.3, 0.4) is 0 Å². The summed E-state index contributed by atoms with van der Waals surface area (Å²) in [7, 11) is 0. The van der Waals surface area contributed by atoms with Gasteiger partial charge >= 0.3 is 6.18 Å². The van der Waals surface area contributed by atoms with Gasteiger partial charge in [-0.25, -0.2) is 0 Å². The molecule has 0 spiro atoms. The second kappa shape index (κ2) is 2.42. The van der Waals surface area contributed by atoms with Crippen LogP contribution in [0.15, 0.2) is 12.2 Å². The third-order valence-corrected chi connectivity index (χ3v) is 1.23. The quantitative estimate of drug-likeness (QED) is 0.489. The summed E-state index contributed by atoms with van der Waals surface area (Å²) in [5, 5.41) is 0. The predicted octanol–water partition coefficient (Wildman–Crippen LogP) is 2.76. The van der Waals surface area contributed by atoms with Crippen LogP contribution in [-0.2, 0) is 0 Å². The summed E-state index contributed by atoms with van der Waals surface area (Å²) in [4.78, 5) is 0. The first-order chi connectivity index (χ1) is 3.85. The molecule has 0 amide bonds. The van der Waals surface area contributed by atoms with Crippen molar-refractivity contribution in [2.45, 2.75) is 20.0 Å². The molecular formula is C6H9F3. The molecule has 0 saturated carbocycles. The summed E-state index contributed by atoms with van der Waals surface area (Å²) in [5.41, 5.74) is 0.155. The lowest BCUT2D eigenvalue weighted by Crippen LogP contribution is -2.19. The third kappa shape index (κ3) is 2.54. The van der Waals surface area contributed by atoms with Gasteiger partial charge in [-0.3, -0.25) is 0 Å². The van der Waals surface area contributed by atoms with Gasteiger partial charge in [0.1, 0.15) is 0 Å². The van der Waals surface area contributed by atoms with E-state index in [0.29, 0.717) is 0 Å². The highest BCUT2D eigenvalue weighted by Crippen LogP contribution is 2.29. The molecule has 0 saturated heterocycles. The van der Waals surface area contributed by atoms with Gasteiger partial charge in [-0.2, -0.15) is 13.2 Å². The van der Waals surface area contributed by atoms with Crippen LogP contribution in [0.2, 0.25) is 0 Å². The predicted molar refractivity (Wildman–Crippen MR) is 30.0 cm³/mol. The Hall–Kier alpha value is -0.470. The standard InChI is InChI=1S/C6H9F3/c1-4(2)5(3)6(7,8)9/h5H,1H2,2-3H3. The maximum absolute atomic E-state index is 11.6. The van der Waals surface area contributed by atoms with Gasteiger partial charge in [0, 0.05) is 0 Å². The van der Waals surface area contributed by atoms with E-state index in [9.17, 15) is 13.2 Å². The second-order valence-corrected chi connectivity index (χ2v) is 2.11. The molecule has 1 atom stereocenters. The first-order valence-corrected chi connectivity index (χ1v) is 2.58. The van der Waals surface area contributed by atoms with E-state index in [4.69, 9.17) is 0 Å². The maximum Gasteiger partial charge on any atom is 0.395 e. The van der Waals surface area contributed by atoms with Crippen molar-refractivity contribution in [3.05, 3.63) is 12.2 Å². The lowest BCUT2D eigenvalue weighted by molar-refractivity contribution is -0.159. The molecule has 0 rings (SSSR count). The molecule has 0 fully saturated rings. The second-order valence-electron chi connectivity index (χ2n) is 2.11. The lowest BCUT2D eigenvalue weighted by Gasteiger charge is -2.14. The fraction of sp³-hybridized carbons (Fsp3) is 0.667. The van der Waals surface area contributed by atoms with Gasteiger partial charge in [0.05, 0.1) is 5.92 Å². The summed E-state index contributed by atoms with van der Waals surface area (Å²) in [6.07, 6.45) is -4.12. The van der Waals surface area contributed by atoms with E-state index in [1.165, 1.54) is 6.92 Å². The number of allylic oxidation sites excluding steroid dienone is 1. The topological polar surface area (TPSA) is 0 Å². The molecule has 0 radical (unpaired) electrons. The van der Waals surface area contributed by atoms with Crippen molar-refractivity contribution >= 4 is 0 Å². The molecule has 0 nitrogen and oxygen atoms in total. The van der Waals surface area contributed by atoms with E-state index in [-0.39, 0.29) is 5.57 Å². The Morgan fingerprint density at radius 3 is 1.78 bits per heavy atom. The van der Waals surface area contributed by atoms with Crippen molar-refractivity contribution in [3.8, 4) is 0 Å². The SMILES string of the molecule is C=C(C)C(C)C(F)(F)F. The minimum absolute atomic E-state index is 0.155. The summed E-state index contributed by atoms with van der Waals surface area (Å²) >= 11 is 0. The van der Waals surface area contributed by atoms with Crippen LogP contribution in [0.25, 0.3) is 0 Å². The third-order valence-electron chi connectivity index (χ3n) is 1.23. The minimum atomic E-state index is -4.12. The molecule has 0 heterocycles. The van der Waals surface area contributed by atoms with Crippen molar-refractivity contribution in [1.82, 2.24) is 0 Å². The van der Waals surface area contributed by atoms with Crippen molar-refractivity contribution < 1.29 is 13.2 Å². The summed E-state index contributed by atoms with van der Waals surface area (Å²) in [5.74, 6) is -1.38. The summed E-state index contributed by atoms with van der Waals surface area (Å²) in [6, 6.07) is 0. The largest absolute Gasteiger partial charge is 0.395 e. The Bertz CT molecular complexity index is 112. The molecule has 9 heavy (non-hydrogen) atoms.